The number of aryl methyl sites for hydroxylation is 1. The molecule has 1 aliphatic heterocycles. The molecule has 12 heteroatoms. The molecule has 206 valence electrons. The molecule has 0 aromatic heterocycles. The summed E-state index contributed by atoms with van der Waals surface area (Å²) in [5, 5.41) is 6.36. The predicted octanol–water partition coefficient (Wildman–Crippen LogP) is 5.45. The van der Waals surface area contributed by atoms with Crippen molar-refractivity contribution in [3.8, 4) is 5.75 Å². The second kappa shape index (κ2) is 12.6. The maximum absolute atomic E-state index is 13.1. The van der Waals surface area contributed by atoms with Crippen molar-refractivity contribution in [1.29, 1.82) is 0 Å². The minimum atomic E-state index is -3.59. The number of rotatable bonds is 7. The predicted molar refractivity (Wildman–Crippen MR) is 163 cm³/mol. The summed E-state index contributed by atoms with van der Waals surface area (Å²) in [4.78, 5) is 15.1. The quantitative estimate of drug-likeness (QED) is 0.329. The van der Waals surface area contributed by atoms with Gasteiger partial charge in [-0.05, 0) is 84.5 Å². The monoisotopic (exact) mass is 650 g/mol. The Morgan fingerprint density at radius 1 is 1.08 bits per heavy atom. The zero-order valence-corrected chi connectivity index (χ0v) is 25.4. The van der Waals surface area contributed by atoms with Gasteiger partial charge < -0.3 is 15.0 Å². The van der Waals surface area contributed by atoms with Gasteiger partial charge in [0.1, 0.15) is 5.75 Å². The smallest absolute Gasteiger partial charge is 0.257 e. The molecule has 0 bridgehead atoms. The Morgan fingerprint density at radius 3 is 2.41 bits per heavy atom. The van der Waals surface area contributed by atoms with Crippen LogP contribution in [0.5, 0.6) is 5.75 Å². The van der Waals surface area contributed by atoms with Crippen molar-refractivity contribution in [3.63, 3.8) is 0 Å². The van der Waals surface area contributed by atoms with Gasteiger partial charge in [0.25, 0.3) is 5.91 Å². The van der Waals surface area contributed by atoms with E-state index in [9.17, 15) is 13.2 Å². The third-order valence-corrected chi connectivity index (χ3v) is 9.21. The van der Waals surface area contributed by atoms with E-state index in [0.717, 1.165) is 5.56 Å². The van der Waals surface area contributed by atoms with Gasteiger partial charge >= 0.3 is 0 Å². The van der Waals surface area contributed by atoms with Crippen LogP contribution in [0.1, 0.15) is 22.8 Å². The Labute approximate surface area is 247 Å². The molecule has 0 spiro atoms. The average molecular weight is 652 g/mol. The number of carbonyl (C=O) groups is 1. The lowest BCUT2D eigenvalue weighted by Gasteiger charge is -2.36. The summed E-state index contributed by atoms with van der Waals surface area (Å²) >= 11 is 15.4. The summed E-state index contributed by atoms with van der Waals surface area (Å²) in [7, 11) is -3.59. The number of piperazine rings is 1. The molecule has 0 radical (unpaired) electrons. The van der Waals surface area contributed by atoms with Crippen LogP contribution in [0.15, 0.2) is 70.0 Å². The van der Waals surface area contributed by atoms with Gasteiger partial charge in [-0.15, -0.1) is 0 Å². The number of thiocarbonyl (C=S) groups is 1. The summed E-state index contributed by atoms with van der Waals surface area (Å²) in [5.74, 6) is 0.264. The molecular weight excluding hydrogens is 624 g/mol. The molecule has 1 amide bonds. The maximum Gasteiger partial charge on any atom is 0.257 e. The molecule has 1 aliphatic rings. The molecule has 1 heterocycles. The Bertz CT molecular complexity index is 1480. The number of hydrogen-bond donors (Lipinski definition) is 2. The lowest BCUT2D eigenvalue weighted by molar-refractivity contribution is 0.0977. The fourth-order valence-corrected chi connectivity index (χ4v) is 6.60. The summed E-state index contributed by atoms with van der Waals surface area (Å²) in [6, 6.07) is 17.2. The molecular formula is C27H28BrClN4O4S2. The van der Waals surface area contributed by atoms with Crippen LogP contribution in [0.4, 0.5) is 11.4 Å². The third kappa shape index (κ3) is 6.90. The number of nitrogens with zero attached hydrogens (tertiary/aromatic N) is 2. The first-order valence-electron chi connectivity index (χ1n) is 12.2. The number of carbonyl (C=O) groups excluding carboxylic acids is 1. The normalized spacial score (nSPS) is 14.1. The van der Waals surface area contributed by atoms with Crippen LogP contribution in [0.2, 0.25) is 5.02 Å². The van der Waals surface area contributed by atoms with Gasteiger partial charge in [-0.25, -0.2) is 8.42 Å². The lowest BCUT2D eigenvalue weighted by Crippen LogP contribution is -2.49. The van der Waals surface area contributed by atoms with Crippen molar-refractivity contribution in [3.05, 3.63) is 81.3 Å². The van der Waals surface area contributed by atoms with E-state index in [-0.39, 0.29) is 15.9 Å². The zero-order chi connectivity index (χ0) is 28.2. The summed E-state index contributed by atoms with van der Waals surface area (Å²) in [5.41, 5.74) is 2.70. The first-order valence-corrected chi connectivity index (χ1v) is 15.3. The maximum atomic E-state index is 13.1. The molecule has 39 heavy (non-hydrogen) atoms. The van der Waals surface area contributed by atoms with E-state index in [2.05, 4.69) is 26.6 Å². The number of anilines is 2. The number of halogens is 2. The minimum absolute atomic E-state index is 0.106. The Hall–Kier alpha value is -2.70. The van der Waals surface area contributed by atoms with Crippen LogP contribution in [0.3, 0.4) is 0 Å². The highest BCUT2D eigenvalue weighted by Crippen LogP contribution is 2.35. The van der Waals surface area contributed by atoms with Gasteiger partial charge in [0.05, 0.1) is 32.4 Å². The van der Waals surface area contributed by atoms with E-state index in [0.29, 0.717) is 65.0 Å². The van der Waals surface area contributed by atoms with E-state index < -0.39 is 10.0 Å². The number of ether oxygens (including phenoxy) is 1. The van der Waals surface area contributed by atoms with Crippen LogP contribution in [0.25, 0.3) is 0 Å². The molecule has 4 rings (SSSR count). The highest BCUT2D eigenvalue weighted by atomic mass is 79.9. The van der Waals surface area contributed by atoms with Gasteiger partial charge in [-0.3, -0.25) is 10.1 Å². The number of para-hydroxylation sites is 1. The molecule has 8 nitrogen and oxygen atoms in total. The largest absolute Gasteiger partial charge is 0.493 e. The molecule has 3 aromatic carbocycles. The first kappa shape index (κ1) is 29.3. The molecule has 1 fully saturated rings. The van der Waals surface area contributed by atoms with E-state index in [4.69, 9.17) is 28.6 Å². The van der Waals surface area contributed by atoms with E-state index in [1.54, 1.807) is 54.6 Å². The van der Waals surface area contributed by atoms with Gasteiger partial charge in [-0.2, -0.15) is 4.31 Å². The van der Waals surface area contributed by atoms with Gasteiger partial charge in [0, 0.05) is 31.7 Å². The highest BCUT2D eigenvalue weighted by molar-refractivity contribution is 9.10. The first-order chi connectivity index (χ1) is 18.6. The second-order valence-electron chi connectivity index (χ2n) is 8.83. The van der Waals surface area contributed by atoms with Crippen LogP contribution >= 0.6 is 39.7 Å². The summed E-state index contributed by atoms with van der Waals surface area (Å²) in [6.07, 6.45) is 0. The van der Waals surface area contributed by atoms with Crippen LogP contribution in [-0.2, 0) is 10.0 Å². The fraction of sp³-hybridized carbons (Fsp3) is 0.259. The van der Waals surface area contributed by atoms with Crippen molar-refractivity contribution in [2.24, 2.45) is 0 Å². The SMILES string of the molecule is CCOc1ccc(C(=O)NC(=S)Nc2cccc(Cl)c2N2CCN(S(=O)(=O)c3ccc(C)cc3)CC2)cc1Br. The number of benzene rings is 3. The van der Waals surface area contributed by atoms with Gasteiger partial charge in [0.15, 0.2) is 5.11 Å². The number of nitrogens with one attached hydrogen (secondary N) is 2. The van der Waals surface area contributed by atoms with Crippen LogP contribution in [-0.4, -0.2) is 56.5 Å². The zero-order valence-electron chi connectivity index (χ0n) is 21.4. The van der Waals surface area contributed by atoms with Gasteiger partial charge in [0.2, 0.25) is 10.0 Å². The van der Waals surface area contributed by atoms with Crippen molar-refractivity contribution < 1.29 is 17.9 Å². The van der Waals surface area contributed by atoms with Crippen LogP contribution in [0, 0.1) is 6.92 Å². The standard InChI is InChI=1S/C27H28BrClN4O4S2/c1-3-37-24-12-9-19(17-21(24)28)26(34)31-27(38)30-23-6-4-5-22(29)25(23)32-13-15-33(16-14-32)39(35,36)20-10-7-18(2)8-11-20/h4-12,17H,3,13-16H2,1-2H3,(H2,30,31,34,38). The molecule has 1 saturated heterocycles. The molecule has 3 aromatic rings. The highest BCUT2D eigenvalue weighted by Gasteiger charge is 2.30. The van der Waals surface area contributed by atoms with E-state index >= 15 is 0 Å². The number of hydrogen-bond acceptors (Lipinski definition) is 6. The fourth-order valence-electron chi connectivity index (χ4n) is 4.19. The van der Waals surface area contributed by atoms with Gasteiger partial charge in [-0.1, -0.05) is 35.4 Å². The third-order valence-electron chi connectivity index (χ3n) is 6.17. The van der Waals surface area contributed by atoms with Crippen molar-refractivity contribution in [2.75, 3.05) is 43.0 Å². The molecule has 2 N–H and O–H groups in total. The number of amides is 1. The number of sulfonamides is 1. The van der Waals surface area contributed by atoms with Crippen molar-refractivity contribution in [2.45, 2.75) is 18.7 Å². The summed E-state index contributed by atoms with van der Waals surface area (Å²) < 4.78 is 33.9. The molecule has 0 atom stereocenters. The Kier molecular flexibility index (Phi) is 9.50. The van der Waals surface area contributed by atoms with Crippen molar-refractivity contribution in [1.82, 2.24) is 9.62 Å². The Balaban J connectivity index is 1.43. The molecule has 0 aliphatic carbocycles. The topological polar surface area (TPSA) is 91.0 Å². The van der Waals surface area contributed by atoms with Crippen molar-refractivity contribution >= 4 is 72.2 Å². The minimum Gasteiger partial charge on any atom is -0.493 e. The summed E-state index contributed by atoms with van der Waals surface area (Å²) in [6.45, 7) is 5.78. The Morgan fingerprint density at radius 2 is 1.77 bits per heavy atom. The average Bonchev–Trinajstić information content (AvgIpc) is 2.90. The molecule has 0 unspecified atom stereocenters. The molecule has 0 saturated carbocycles. The van der Waals surface area contributed by atoms with E-state index in [1.807, 2.05) is 24.8 Å². The van der Waals surface area contributed by atoms with Crippen LogP contribution < -0.4 is 20.3 Å². The van der Waals surface area contributed by atoms with E-state index in [1.165, 1.54) is 4.31 Å². The second-order valence-corrected chi connectivity index (χ2v) is 12.4. The lowest BCUT2D eigenvalue weighted by atomic mass is 10.2.